The molecule has 3 rings (SSSR count). The molecule has 2 aromatic rings. The summed E-state index contributed by atoms with van der Waals surface area (Å²) in [5, 5.41) is 4.18. The zero-order chi connectivity index (χ0) is 17.3. The lowest BCUT2D eigenvalue weighted by atomic mass is 9.90. The van der Waals surface area contributed by atoms with Gasteiger partial charge in [0.1, 0.15) is 0 Å². The molecule has 1 aliphatic rings. The highest BCUT2D eigenvalue weighted by Crippen LogP contribution is 2.41. The van der Waals surface area contributed by atoms with Crippen molar-refractivity contribution in [3.05, 3.63) is 40.7 Å². The van der Waals surface area contributed by atoms with Crippen molar-refractivity contribution in [2.24, 2.45) is 7.05 Å². The minimum atomic E-state index is 0.0150. The molecule has 1 aliphatic carbocycles. The number of methoxy groups -OCH3 is 3. The average molecular weight is 328 g/mol. The summed E-state index contributed by atoms with van der Waals surface area (Å²) in [5.74, 6) is 1.66. The Kier molecular flexibility index (Phi) is 4.29. The SMILES string of the molecule is COc1ccc(/C=C2/CCc3c(cnn3C)C2=O)c(OC)c1OC. The maximum absolute atomic E-state index is 12.7. The highest BCUT2D eigenvalue weighted by molar-refractivity contribution is 6.13. The third kappa shape index (κ3) is 2.54. The summed E-state index contributed by atoms with van der Waals surface area (Å²) in [7, 11) is 6.56. The fourth-order valence-electron chi connectivity index (χ4n) is 3.05. The highest BCUT2D eigenvalue weighted by Gasteiger charge is 2.25. The Morgan fingerprint density at radius 1 is 1.08 bits per heavy atom. The number of allylic oxidation sites excluding steroid dienone is 1. The minimum absolute atomic E-state index is 0.0150. The van der Waals surface area contributed by atoms with E-state index in [0.717, 1.165) is 23.3 Å². The van der Waals surface area contributed by atoms with E-state index in [9.17, 15) is 4.79 Å². The molecule has 24 heavy (non-hydrogen) atoms. The van der Waals surface area contributed by atoms with Gasteiger partial charge in [0.15, 0.2) is 17.3 Å². The zero-order valence-corrected chi connectivity index (χ0v) is 14.3. The second-order valence-corrected chi connectivity index (χ2v) is 5.55. The van der Waals surface area contributed by atoms with Gasteiger partial charge in [0, 0.05) is 23.9 Å². The minimum Gasteiger partial charge on any atom is -0.493 e. The van der Waals surface area contributed by atoms with Crippen molar-refractivity contribution >= 4 is 11.9 Å². The van der Waals surface area contributed by atoms with Gasteiger partial charge in [0.05, 0.1) is 33.1 Å². The van der Waals surface area contributed by atoms with Gasteiger partial charge >= 0.3 is 0 Å². The molecule has 6 nitrogen and oxygen atoms in total. The van der Waals surface area contributed by atoms with E-state index in [-0.39, 0.29) is 5.78 Å². The lowest BCUT2D eigenvalue weighted by Gasteiger charge is -2.17. The van der Waals surface area contributed by atoms with Gasteiger partial charge in [-0.05, 0) is 31.1 Å². The standard InChI is InChI=1S/C18H20N2O4/c1-20-14-7-5-11(16(21)13(14)10-19-20)9-12-6-8-15(22-2)18(24-4)17(12)23-3/h6,8-10H,5,7H2,1-4H3/b11-9-. The molecular weight excluding hydrogens is 308 g/mol. The van der Waals surface area contributed by atoms with Crippen LogP contribution in [0.5, 0.6) is 17.2 Å². The summed E-state index contributed by atoms with van der Waals surface area (Å²) in [5.41, 5.74) is 3.18. The number of ketones is 1. The first-order chi connectivity index (χ1) is 11.6. The average Bonchev–Trinajstić information content (AvgIpc) is 2.98. The summed E-state index contributed by atoms with van der Waals surface area (Å²) in [4.78, 5) is 12.7. The Morgan fingerprint density at radius 3 is 2.50 bits per heavy atom. The molecule has 0 fully saturated rings. The molecule has 0 bridgehead atoms. The number of rotatable bonds is 4. The number of benzene rings is 1. The van der Waals surface area contributed by atoms with E-state index in [0.29, 0.717) is 29.2 Å². The zero-order valence-electron chi connectivity index (χ0n) is 14.3. The first-order valence-corrected chi connectivity index (χ1v) is 7.65. The Morgan fingerprint density at radius 2 is 1.83 bits per heavy atom. The van der Waals surface area contributed by atoms with Crippen molar-refractivity contribution < 1.29 is 19.0 Å². The van der Waals surface area contributed by atoms with E-state index in [2.05, 4.69) is 5.10 Å². The number of Topliss-reactive ketones (excluding diaryl/α,β-unsaturated/α-hetero) is 1. The lowest BCUT2D eigenvalue weighted by Crippen LogP contribution is -2.15. The van der Waals surface area contributed by atoms with Crippen LogP contribution >= 0.6 is 0 Å². The Hall–Kier alpha value is -2.76. The highest BCUT2D eigenvalue weighted by atomic mass is 16.5. The molecule has 1 heterocycles. The van der Waals surface area contributed by atoms with Gasteiger partial charge in [-0.3, -0.25) is 9.48 Å². The Balaban J connectivity index is 2.05. The summed E-state index contributed by atoms with van der Waals surface area (Å²) in [6, 6.07) is 3.66. The van der Waals surface area contributed by atoms with E-state index >= 15 is 0 Å². The number of fused-ring (bicyclic) bond motifs is 1. The van der Waals surface area contributed by atoms with E-state index in [1.807, 2.05) is 19.2 Å². The summed E-state index contributed by atoms with van der Waals surface area (Å²) in [6.07, 6.45) is 4.96. The second kappa shape index (κ2) is 6.39. The van der Waals surface area contributed by atoms with Crippen LogP contribution < -0.4 is 14.2 Å². The maximum atomic E-state index is 12.7. The van der Waals surface area contributed by atoms with Crippen molar-refractivity contribution in [3.8, 4) is 17.2 Å². The number of hydrogen-bond donors (Lipinski definition) is 0. The topological polar surface area (TPSA) is 62.6 Å². The van der Waals surface area contributed by atoms with Crippen LogP contribution in [0, 0.1) is 0 Å². The van der Waals surface area contributed by atoms with Crippen LogP contribution in [0.2, 0.25) is 0 Å². The van der Waals surface area contributed by atoms with Crippen molar-refractivity contribution in [1.29, 1.82) is 0 Å². The van der Waals surface area contributed by atoms with Crippen molar-refractivity contribution in [3.63, 3.8) is 0 Å². The van der Waals surface area contributed by atoms with E-state index in [4.69, 9.17) is 14.2 Å². The van der Waals surface area contributed by atoms with Crippen molar-refractivity contribution in [2.45, 2.75) is 12.8 Å². The maximum Gasteiger partial charge on any atom is 0.203 e. The first-order valence-electron chi connectivity index (χ1n) is 7.65. The number of aryl methyl sites for hydroxylation is 1. The number of ether oxygens (including phenoxy) is 3. The van der Waals surface area contributed by atoms with Gasteiger partial charge in [-0.2, -0.15) is 5.10 Å². The lowest BCUT2D eigenvalue weighted by molar-refractivity contribution is 0.102. The molecule has 6 heteroatoms. The molecule has 1 aromatic carbocycles. The molecule has 0 spiro atoms. The van der Waals surface area contributed by atoms with Gasteiger partial charge in [-0.15, -0.1) is 0 Å². The number of hydrogen-bond acceptors (Lipinski definition) is 5. The monoisotopic (exact) mass is 328 g/mol. The van der Waals surface area contributed by atoms with Crippen LogP contribution in [0.25, 0.3) is 6.08 Å². The van der Waals surface area contributed by atoms with Gasteiger partial charge in [0.2, 0.25) is 5.75 Å². The van der Waals surface area contributed by atoms with Gasteiger partial charge in [0.25, 0.3) is 0 Å². The second-order valence-electron chi connectivity index (χ2n) is 5.55. The predicted octanol–water partition coefficient (Wildman–Crippen LogP) is 2.66. The quantitative estimate of drug-likeness (QED) is 0.808. The first kappa shape index (κ1) is 16.1. The molecule has 0 unspecified atom stereocenters. The third-order valence-electron chi connectivity index (χ3n) is 4.29. The van der Waals surface area contributed by atoms with Crippen LogP contribution in [-0.2, 0) is 13.5 Å². The molecule has 0 saturated heterocycles. The van der Waals surface area contributed by atoms with Crippen LogP contribution in [0.4, 0.5) is 0 Å². The molecule has 0 N–H and O–H groups in total. The van der Waals surface area contributed by atoms with Gasteiger partial charge < -0.3 is 14.2 Å². The fourth-order valence-corrected chi connectivity index (χ4v) is 3.05. The van der Waals surface area contributed by atoms with Gasteiger partial charge in [-0.1, -0.05) is 0 Å². The number of carbonyl (C=O) groups is 1. The predicted molar refractivity (Wildman–Crippen MR) is 89.9 cm³/mol. The molecule has 1 aromatic heterocycles. The fraction of sp³-hybridized carbons (Fsp3) is 0.333. The van der Waals surface area contributed by atoms with Crippen molar-refractivity contribution in [1.82, 2.24) is 9.78 Å². The molecule has 0 radical (unpaired) electrons. The van der Waals surface area contributed by atoms with E-state index < -0.39 is 0 Å². The normalized spacial score (nSPS) is 15.3. The summed E-state index contributed by atoms with van der Waals surface area (Å²) >= 11 is 0. The van der Waals surface area contributed by atoms with Crippen LogP contribution in [0.15, 0.2) is 23.9 Å². The van der Waals surface area contributed by atoms with Crippen LogP contribution in [0.1, 0.15) is 28.0 Å². The Labute approximate surface area is 140 Å². The molecular formula is C18H20N2O4. The number of nitrogens with zero attached hydrogens (tertiary/aromatic N) is 2. The molecule has 126 valence electrons. The smallest absolute Gasteiger partial charge is 0.203 e. The van der Waals surface area contributed by atoms with E-state index in [1.165, 1.54) is 0 Å². The molecule has 0 aliphatic heterocycles. The number of carbonyl (C=O) groups excluding carboxylic acids is 1. The molecule has 0 saturated carbocycles. The summed E-state index contributed by atoms with van der Waals surface area (Å²) < 4.78 is 17.9. The van der Waals surface area contributed by atoms with Crippen LogP contribution in [0.3, 0.4) is 0 Å². The largest absolute Gasteiger partial charge is 0.493 e. The van der Waals surface area contributed by atoms with Gasteiger partial charge in [-0.25, -0.2) is 0 Å². The molecule has 0 amide bonds. The van der Waals surface area contributed by atoms with Crippen LogP contribution in [-0.4, -0.2) is 36.9 Å². The third-order valence-corrected chi connectivity index (χ3v) is 4.29. The molecule has 0 atom stereocenters. The van der Waals surface area contributed by atoms with E-state index in [1.54, 1.807) is 38.3 Å². The number of aromatic nitrogens is 2. The Bertz CT molecular complexity index is 821. The van der Waals surface area contributed by atoms with Crippen molar-refractivity contribution in [2.75, 3.05) is 21.3 Å². The summed E-state index contributed by atoms with van der Waals surface area (Å²) in [6.45, 7) is 0.